The smallest absolute Gasteiger partial charge is 0.321 e. The standard InChI is InChI=1S/C17H17BrClN3O/c18-13-4-6-16(7-5-13)21-8-10-22(11-9-21)17(23)20-15-3-1-2-14(19)12-15/h1-7,12H,8-11H2,(H,20,23). The van der Waals surface area contributed by atoms with Crippen molar-refractivity contribution in [2.45, 2.75) is 0 Å². The number of anilines is 2. The lowest BCUT2D eigenvalue weighted by atomic mass is 10.2. The summed E-state index contributed by atoms with van der Waals surface area (Å²) in [5.41, 5.74) is 1.90. The second kappa shape index (κ2) is 7.23. The Labute approximate surface area is 149 Å². The van der Waals surface area contributed by atoms with E-state index < -0.39 is 0 Å². The molecule has 0 saturated carbocycles. The van der Waals surface area contributed by atoms with Gasteiger partial charge >= 0.3 is 6.03 Å². The molecule has 0 aliphatic carbocycles. The molecule has 0 bridgehead atoms. The molecule has 0 spiro atoms. The van der Waals surface area contributed by atoms with Crippen molar-refractivity contribution in [1.29, 1.82) is 0 Å². The quantitative estimate of drug-likeness (QED) is 0.816. The van der Waals surface area contributed by atoms with Crippen LogP contribution in [0.3, 0.4) is 0 Å². The minimum Gasteiger partial charge on any atom is -0.368 e. The van der Waals surface area contributed by atoms with Gasteiger partial charge in [0, 0.05) is 47.0 Å². The molecular weight excluding hydrogens is 378 g/mol. The van der Waals surface area contributed by atoms with Gasteiger partial charge in [0.15, 0.2) is 0 Å². The van der Waals surface area contributed by atoms with E-state index in [1.165, 1.54) is 5.69 Å². The lowest BCUT2D eigenvalue weighted by Gasteiger charge is -2.36. The first-order valence-corrected chi connectivity index (χ1v) is 8.61. The molecule has 0 aromatic heterocycles. The molecule has 6 heteroatoms. The highest BCUT2D eigenvalue weighted by molar-refractivity contribution is 9.10. The maximum atomic E-state index is 12.3. The van der Waals surface area contributed by atoms with Crippen molar-refractivity contribution in [3.05, 3.63) is 58.0 Å². The molecule has 1 aliphatic heterocycles. The first kappa shape index (κ1) is 16.1. The first-order chi connectivity index (χ1) is 11.1. The molecule has 23 heavy (non-hydrogen) atoms. The van der Waals surface area contributed by atoms with Crippen LogP contribution >= 0.6 is 27.5 Å². The zero-order valence-electron chi connectivity index (χ0n) is 12.5. The fourth-order valence-electron chi connectivity index (χ4n) is 2.59. The number of nitrogens with one attached hydrogen (secondary N) is 1. The van der Waals surface area contributed by atoms with Crippen molar-refractivity contribution < 1.29 is 4.79 Å². The van der Waals surface area contributed by atoms with Gasteiger partial charge in [-0.05, 0) is 42.5 Å². The number of nitrogens with zero attached hydrogens (tertiary/aromatic N) is 2. The summed E-state index contributed by atoms with van der Waals surface area (Å²) in [6, 6.07) is 15.4. The molecule has 0 atom stereocenters. The average Bonchev–Trinajstić information content (AvgIpc) is 2.56. The van der Waals surface area contributed by atoms with Gasteiger partial charge in [0.25, 0.3) is 0 Å². The molecule has 120 valence electrons. The Morgan fingerprint density at radius 2 is 1.74 bits per heavy atom. The molecule has 2 aromatic carbocycles. The Kier molecular flexibility index (Phi) is 5.08. The van der Waals surface area contributed by atoms with Crippen LogP contribution in [0.15, 0.2) is 53.0 Å². The third kappa shape index (κ3) is 4.18. The summed E-state index contributed by atoms with van der Waals surface area (Å²) in [6.07, 6.45) is 0. The molecular formula is C17H17BrClN3O. The highest BCUT2D eigenvalue weighted by Gasteiger charge is 2.21. The summed E-state index contributed by atoms with van der Waals surface area (Å²) < 4.78 is 1.07. The number of hydrogen-bond acceptors (Lipinski definition) is 2. The number of benzene rings is 2. The van der Waals surface area contributed by atoms with E-state index in [1.54, 1.807) is 12.1 Å². The molecule has 3 rings (SSSR count). The third-order valence-electron chi connectivity index (χ3n) is 3.83. The highest BCUT2D eigenvalue weighted by Crippen LogP contribution is 2.20. The third-order valence-corrected chi connectivity index (χ3v) is 4.60. The van der Waals surface area contributed by atoms with Crippen LogP contribution in [0.25, 0.3) is 0 Å². The number of carbonyl (C=O) groups excluding carboxylic acids is 1. The summed E-state index contributed by atoms with van der Waals surface area (Å²) in [5.74, 6) is 0. The Bertz CT molecular complexity index is 684. The molecule has 4 nitrogen and oxygen atoms in total. The Hall–Kier alpha value is -1.72. The number of hydrogen-bond donors (Lipinski definition) is 1. The van der Waals surface area contributed by atoms with Crippen molar-refractivity contribution in [3.63, 3.8) is 0 Å². The van der Waals surface area contributed by atoms with Gasteiger partial charge in [-0.25, -0.2) is 4.79 Å². The predicted octanol–water partition coefficient (Wildman–Crippen LogP) is 4.46. The minimum atomic E-state index is -0.0808. The largest absolute Gasteiger partial charge is 0.368 e. The van der Waals surface area contributed by atoms with Crippen LogP contribution in [0, 0.1) is 0 Å². The molecule has 0 unspecified atom stereocenters. The maximum Gasteiger partial charge on any atom is 0.321 e. The molecule has 1 saturated heterocycles. The van der Waals surface area contributed by atoms with Gasteiger partial charge in [0.1, 0.15) is 0 Å². The number of carbonyl (C=O) groups is 1. The van der Waals surface area contributed by atoms with E-state index in [0.717, 1.165) is 23.2 Å². The number of amides is 2. The van der Waals surface area contributed by atoms with E-state index in [4.69, 9.17) is 11.6 Å². The predicted molar refractivity (Wildman–Crippen MR) is 98.4 cm³/mol. The van der Waals surface area contributed by atoms with E-state index >= 15 is 0 Å². The molecule has 2 aromatic rings. The second-order valence-corrected chi connectivity index (χ2v) is 6.74. The topological polar surface area (TPSA) is 35.6 Å². The monoisotopic (exact) mass is 393 g/mol. The minimum absolute atomic E-state index is 0.0808. The van der Waals surface area contributed by atoms with Crippen LogP contribution in [0.1, 0.15) is 0 Å². The van der Waals surface area contributed by atoms with Crippen molar-refractivity contribution in [2.75, 3.05) is 36.4 Å². The number of piperazine rings is 1. The normalized spacial score (nSPS) is 14.7. The highest BCUT2D eigenvalue weighted by atomic mass is 79.9. The van der Waals surface area contributed by atoms with Gasteiger partial charge in [-0.15, -0.1) is 0 Å². The molecule has 1 fully saturated rings. The number of halogens is 2. The van der Waals surface area contributed by atoms with Crippen LogP contribution in [-0.2, 0) is 0 Å². The lowest BCUT2D eigenvalue weighted by Crippen LogP contribution is -2.50. The van der Waals surface area contributed by atoms with E-state index in [9.17, 15) is 4.79 Å². The summed E-state index contributed by atoms with van der Waals surface area (Å²) >= 11 is 9.38. The summed E-state index contributed by atoms with van der Waals surface area (Å²) in [5, 5.41) is 3.51. The van der Waals surface area contributed by atoms with Gasteiger partial charge in [-0.1, -0.05) is 33.6 Å². The van der Waals surface area contributed by atoms with Gasteiger partial charge in [-0.2, -0.15) is 0 Å². The number of urea groups is 1. The van der Waals surface area contributed by atoms with Gasteiger partial charge in [0.2, 0.25) is 0 Å². The zero-order chi connectivity index (χ0) is 16.2. The van der Waals surface area contributed by atoms with Crippen LogP contribution < -0.4 is 10.2 Å². The summed E-state index contributed by atoms with van der Waals surface area (Å²) in [7, 11) is 0. The van der Waals surface area contributed by atoms with Crippen LogP contribution in [0.4, 0.5) is 16.2 Å². The van der Waals surface area contributed by atoms with E-state index in [0.29, 0.717) is 18.1 Å². The molecule has 1 aliphatic rings. The Balaban J connectivity index is 1.56. The Morgan fingerprint density at radius 1 is 1.04 bits per heavy atom. The molecule has 1 heterocycles. The van der Waals surface area contributed by atoms with Crippen molar-refractivity contribution in [1.82, 2.24) is 4.90 Å². The van der Waals surface area contributed by atoms with Crippen molar-refractivity contribution in [2.24, 2.45) is 0 Å². The fraction of sp³-hybridized carbons (Fsp3) is 0.235. The SMILES string of the molecule is O=C(Nc1cccc(Cl)c1)N1CCN(c2ccc(Br)cc2)CC1. The van der Waals surface area contributed by atoms with E-state index in [2.05, 4.69) is 38.3 Å². The zero-order valence-corrected chi connectivity index (χ0v) is 14.8. The average molecular weight is 395 g/mol. The van der Waals surface area contributed by atoms with Gasteiger partial charge in [-0.3, -0.25) is 0 Å². The van der Waals surface area contributed by atoms with E-state index in [-0.39, 0.29) is 6.03 Å². The second-order valence-electron chi connectivity index (χ2n) is 5.39. The summed E-state index contributed by atoms with van der Waals surface area (Å²) in [6.45, 7) is 3.04. The number of rotatable bonds is 2. The molecule has 2 amide bonds. The van der Waals surface area contributed by atoms with Gasteiger partial charge < -0.3 is 15.1 Å². The van der Waals surface area contributed by atoms with Crippen LogP contribution in [0.2, 0.25) is 5.02 Å². The van der Waals surface area contributed by atoms with Crippen molar-refractivity contribution >= 4 is 44.9 Å². The fourth-order valence-corrected chi connectivity index (χ4v) is 3.04. The van der Waals surface area contributed by atoms with Gasteiger partial charge in [0.05, 0.1) is 0 Å². The Morgan fingerprint density at radius 3 is 2.39 bits per heavy atom. The van der Waals surface area contributed by atoms with E-state index in [1.807, 2.05) is 29.2 Å². The lowest BCUT2D eigenvalue weighted by molar-refractivity contribution is 0.208. The first-order valence-electron chi connectivity index (χ1n) is 7.44. The molecule has 1 N–H and O–H groups in total. The molecule has 0 radical (unpaired) electrons. The van der Waals surface area contributed by atoms with Crippen molar-refractivity contribution in [3.8, 4) is 0 Å². The summed E-state index contributed by atoms with van der Waals surface area (Å²) in [4.78, 5) is 16.4. The van der Waals surface area contributed by atoms with Crippen LogP contribution in [0.5, 0.6) is 0 Å². The maximum absolute atomic E-state index is 12.3. The van der Waals surface area contributed by atoms with Crippen LogP contribution in [-0.4, -0.2) is 37.1 Å².